The van der Waals surface area contributed by atoms with E-state index in [1.54, 1.807) is 24.3 Å². The van der Waals surface area contributed by atoms with Crippen LogP contribution in [-0.4, -0.2) is 46.0 Å². The molecular formula is C24H24FN5O3. The van der Waals surface area contributed by atoms with Crippen LogP contribution >= 0.6 is 0 Å². The van der Waals surface area contributed by atoms with Gasteiger partial charge >= 0.3 is 0 Å². The van der Waals surface area contributed by atoms with Gasteiger partial charge in [0, 0.05) is 37.0 Å². The van der Waals surface area contributed by atoms with E-state index in [-0.39, 0.29) is 29.6 Å². The lowest BCUT2D eigenvalue weighted by atomic mass is 10.0. The summed E-state index contributed by atoms with van der Waals surface area (Å²) in [6, 6.07) is 14.0. The molecule has 0 bridgehead atoms. The fraction of sp³-hybridized carbons (Fsp3) is 0.250. The van der Waals surface area contributed by atoms with Gasteiger partial charge in [-0.15, -0.1) is 0 Å². The Kier molecular flexibility index (Phi) is 6.60. The molecule has 3 aromatic rings. The molecule has 1 aliphatic heterocycles. The van der Waals surface area contributed by atoms with Crippen LogP contribution in [-0.2, 0) is 16.1 Å². The SMILES string of the molecule is Cc1ccc(-c2ccc(=O)[nH]n2)cc1NC(=O)CC1C(=O)NCCN1Cc1ccc(F)cc1. The number of amides is 2. The van der Waals surface area contributed by atoms with E-state index in [9.17, 15) is 18.8 Å². The lowest BCUT2D eigenvalue weighted by Gasteiger charge is -2.34. The predicted molar refractivity (Wildman–Crippen MR) is 122 cm³/mol. The summed E-state index contributed by atoms with van der Waals surface area (Å²) >= 11 is 0. The van der Waals surface area contributed by atoms with E-state index >= 15 is 0 Å². The van der Waals surface area contributed by atoms with Crippen molar-refractivity contribution in [3.05, 3.63) is 81.9 Å². The van der Waals surface area contributed by atoms with E-state index in [1.807, 2.05) is 24.0 Å². The van der Waals surface area contributed by atoms with Crippen molar-refractivity contribution in [1.29, 1.82) is 0 Å². The van der Waals surface area contributed by atoms with Crippen LogP contribution in [0.1, 0.15) is 17.5 Å². The molecule has 1 aliphatic rings. The molecule has 1 aromatic heterocycles. The number of piperazine rings is 1. The highest BCUT2D eigenvalue weighted by Crippen LogP contribution is 2.24. The maximum absolute atomic E-state index is 13.2. The number of benzene rings is 2. The number of anilines is 1. The maximum Gasteiger partial charge on any atom is 0.264 e. The monoisotopic (exact) mass is 449 g/mol. The van der Waals surface area contributed by atoms with Crippen LogP contribution in [0.5, 0.6) is 0 Å². The van der Waals surface area contributed by atoms with Crippen LogP contribution in [0, 0.1) is 12.7 Å². The quantitative estimate of drug-likeness (QED) is 0.535. The number of hydrogen-bond acceptors (Lipinski definition) is 5. The molecule has 8 nitrogen and oxygen atoms in total. The largest absolute Gasteiger partial charge is 0.353 e. The summed E-state index contributed by atoms with van der Waals surface area (Å²) in [7, 11) is 0. The number of carbonyl (C=O) groups excluding carboxylic acids is 2. The van der Waals surface area contributed by atoms with Crippen LogP contribution in [0.4, 0.5) is 10.1 Å². The lowest BCUT2D eigenvalue weighted by Crippen LogP contribution is -2.55. The molecule has 170 valence electrons. The molecule has 2 aromatic carbocycles. The van der Waals surface area contributed by atoms with Gasteiger partial charge in [-0.05, 0) is 42.3 Å². The van der Waals surface area contributed by atoms with Crippen LogP contribution < -0.4 is 16.2 Å². The van der Waals surface area contributed by atoms with Crippen molar-refractivity contribution in [2.45, 2.75) is 25.9 Å². The first-order valence-corrected chi connectivity index (χ1v) is 10.6. The Morgan fingerprint density at radius 1 is 1.15 bits per heavy atom. The Morgan fingerprint density at radius 2 is 1.94 bits per heavy atom. The van der Waals surface area contributed by atoms with Crippen molar-refractivity contribution in [2.24, 2.45) is 0 Å². The number of aromatic amines is 1. The number of nitrogens with zero attached hydrogens (tertiary/aromatic N) is 2. The summed E-state index contributed by atoms with van der Waals surface area (Å²) in [5.41, 5.74) is 3.34. The van der Waals surface area contributed by atoms with Gasteiger partial charge in [-0.3, -0.25) is 19.3 Å². The second kappa shape index (κ2) is 9.74. The van der Waals surface area contributed by atoms with Gasteiger partial charge in [0.25, 0.3) is 5.56 Å². The first-order valence-electron chi connectivity index (χ1n) is 10.6. The fourth-order valence-electron chi connectivity index (χ4n) is 3.80. The molecule has 1 atom stereocenters. The highest BCUT2D eigenvalue weighted by atomic mass is 19.1. The van der Waals surface area contributed by atoms with E-state index in [0.29, 0.717) is 31.0 Å². The zero-order valence-corrected chi connectivity index (χ0v) is 18.1. The van der Waals surface area contributed by atoms with Crippen LogP contribution in [0.3, 0.4) is 0 Å². The Labute approximate surface area is 189 Å². The average Bonchev–Trinajstić information content (AvgIpc) is 2.80. The Hall–Kier alpha value is -3.85. The third-order valence-corrected chi connectivity index (χ3v) is 5.61. The highest BCUT2D eigenvalue weighted by Gasteiger charge is 2.31. The van der Waals surface area contributed by atoms with Crippen LogP contribution in [0.2, 0.25) is 0 Å². The maximum atomic E-state index is 13.2. The number of H-pyrrole nitrogens is 1. The van der Waals surface area contributed by atoms with E-state index in [0.717, 1.165) is 16.7 Å². The van der Waals surface area contributed by atoms with Crippen molar-refractivity contribution >= 4 is 17.5 Å². The highest BCUT2D eigenvalue weighted by molar-refractivity contribution is 5.96. The van der Waals surface area contributed by atoms with Crippen molar-refractivity contribution in [3.8, 4) is 11.3 Å². The second-order valence-electron chi connectivity index (χ2n) is 7.99. The molecule has 0 radical (unpaired) electrons. The number of aromatic nitrogens is 2. The number of halogens is 1. The van der Waals surface area contributed by atoms with E-state index in [2.05, 4.69) is 20.8 Å². The Balaban J connectivity index is 1.47. The normalized spacial score (nSPS) is 16.3. The summed E-state index contributed by atoms with van der Waals surface area (Å²) in [6.07, 6.45) is -0.0202. The molecule has 1 fully saturated rings. The van der Waals surface area contributed by atoms with Crippen LogP contribution in [0.15, 0.2) is 59.4 Å². The zero-order valence-electron chi connectivity index (χ0n) is 18.1. The summed E-state index contributed by atoms with van der Waals surface area (Å²) in [6.45, 7) is 3.39. The summed E-state index contributed by atoms with van der Waals surface area (Å²) in [5, 5.41) is 12.1. The number of aryl methyl sites for hydroxylation is 1. The summed E-state index contributed by atoms with van der Waals surface area (Å²) in [4.78, 5) is 38.6. The number of rotatable bonds is 6. The molecule has 0 saturated carbocycles. The van der Waals surface area contributed by atoms with Crippen molar-refractivity contribution in [1.82, 2.24) is 20.4 Å². The number of hydrogen-bond donors (Lipinski definition) is 3. The minimum atomic E-state index is -0.631. The molecule has 2 heterocycles. The lowest BCUT2D eigenvalue weighted by molar-refractivity contribution is -0.132. The molecule has 0 spiro atoms. The molecule has 2 amide bonds. The van der Waals surface area contributed by atoms with Gasteiger partial charge < -0.3 is 10.6 Å². The van der Waals surface area contributed by atoms with Gasteiger partial charge in [-0.25, -0.2) is 9.49 Å². The van der Waals surface area contributed by atoms with Crippen LogP contribution in [0.25, 0.3) is 11.3 Å². The fourth-order valence-corrected chi connectivity index (χ4v) is 3.80. The first-order chi connectivity index (χ1) is 15.9. The topological polar surface area (TPSA) is 107 Å². The minimum absolute atomic E-state index is 0.0202. The third-order valence-electron chi connectivity index (χ3n) is 5.61. The van der Waals surface area contributed by atoms with Gasteiger partial charge in [0.1, 0.15) is 5.82 Å². The molecule has 33 heavy (non-hydrogen) atoms. The van der Waals surface area contributed by atoms with E-state index < -0.39 is 6.04 Å². The number of carbonyl (C=O) groups is 2. The Bertz CT molecular complexity index is 1210. The van der Waals surface area contributed by atoms with Crippen molar-refractivity contribution in [3.63, 3.8) is 0 Å². The van der Waals surface area contributed by atoms with Gasteiger partial charge in [0.05, 0.1) is 18.2 Å². The predicted octanol–water partition coefficient (Wildman–Crippen LogP) is 2.21. The number of nitrogens with one attached hydrogen (secondary N) is 3. The second-order valence-corrected chi connectivity index (χ2v) is 7.99. The van der Waals surface area contributed by atoms with E-state index in [1.165, 1.54) is 18.2 Å². The summed E-state index contributed by atoms with van der Waals surface area (Å²) < 4.78 is 13.2. The van der Waals surface area contributed by atoms with E-state index in [4.69, 9.17) is 0 Å². The molecule has 0 aliphatic carbocycles. The molecule has 1 saturated heterocycles. The molecular weight excluding hydrogens is 425 g/mol. The molecule has 1 unspecified atom stereocenters. The standard InChI is InChI=1S/C24H24FN5O3/c1-15-2-5-17(19-8-9-22(31)29-28-19)12-20(15)27-23(32)13-21-24(33)26-10-11-30(21)14-16-3-6-18(25)7-4-16/h2-9,12,21H,10-11,13-14H2,1H3,(H,26,33)(H,27,32)(H,29,31). The average molecular weight is 449 g/mol. The van der Waals surface area contributed by atoms with Gasteiger partial charge in [-0.1, -0.05) is 24.3 Å². The molecule has 9 heteroatoms. The van der Waals surface area contributed by atoms with Crippen molar-refractivity contribution in [2.75, 3.05) is 18.4 Å². The smallest absolute Gasteiger partial charge is 0.264 e. The van der Waals surface area contributed by atoms with Crippen molar-refractivity contribution < 1.29 is 14.0 Å². The summed E-state index contributed by atoms with van der Waals surface area (Å²) in [5.74, 6) is -0.821. The Morgan fingerprint density at radius 3 is 2.67 bits per heavy atom. The molecule has 4 rings (SSSR count). The van der Waals surface area contributed by atoms with Gasteiger partial charge in [-0.2, -0.15) is 5.10 Å². The van der Waals surface area contributed by atoms with Gasteiger partial charge in [0.2, 0.25) is 11.8 Å². The molecule has 3 N–H and O–H groups in total. The first kappa shape index (κ1) is 22.3. The zero-order chi connectivity index (χ0) is 23.4. The minimum Gasteiger partial charge on any atom is -0.353 e. The van der Waals surface area contributed by atoms with Gasteiger partial charge in [0.15, 0.2) is 0 Å². The third kappa shape index (κ3) is 5.50.